The Balaban J connectivity index is 2.16. The number of hydrogen-bond acceptors (Lipinski definition) is 3. The number of nitrogens with one attached hydrogen (secondary N) is 2. The first-order valence-electron chi connectivity index (χ1n) is 6.42. The Morgan fingerprint density at radius 1 is 1.21 bits per heavy atom. The van der Waals surface area contributed by atoms with Crippen LogP contribution in [-0.4, -0.2) is 11.5 Å². The Morgan fingerprint density at radius 3 is 2.84 bits per heavy atom. The van der Waals surface area contributed by atoms with Gasteiger partial charge in [-0.15, -0.1) is 0 Å². The second kappa shape index (κ2) is 6.43. The number of anilines is 3. The fourth-order valence-corrected chi connectivity index (χ4v) is 1.91. The lowest BCUT2D eigenvalue weighted by atomic mass is 10.2. The maximum atomic E-state index is 6.02. The van der Waals surface area contributed by atoms with Crippen molar-refractivity contribution in [2.24, 2.45) is 0 Å². The van der Waals surface area contributed by atoms with Crippen LogP contribution in [0, 0.1) is 6.92 Å². The second-order valence-corrected chi connectivity index (χ2v) is 4.88. The summed E-state index contributed by atoms with van der Waals surface area (Å²) in [5, 5.41) is 7.36. The van der Waals surface area contributed by atoms with Crippen LogP contribution in [0.2, 0.25) is 5.02 Å². The average Bonchev–Trinajstić information content (AvgIpc) is 2.41. The van der Waals surface area contributed by atoms with Crippen LogP contribution in [-0.2, 0) is 0 Å². The van der Waals surface area contributed by atoms with Gasteiger partial charge in [0.25, 0.3) is 0 Å². The van der Waals surface area contributed by atoms with Crippen LogP contribution in [0.25, 0.3) is 0 Å². The molecule has 19 heavy (non-hydrogen) atoms. The molecule has 4 heteroatoms. The van der Waals surface area contributed by atoms with Crippen molar-refractivity contribution < 1.29 is 0 Å². The van der Waals surface area contributed by atoms with Crippen LogP contribution in [0.15, 0.2) is 36.5 Å². The average molecular weight is 276 g/mol. The lowest BCUT2D eigenvalue weighted by Gasteiger charge is -2.11. The number of nitrogens with zero attached hydrogens (tertiary/aromatic N) is 1. The van der Waals surface area contributed by atoms with E-state index in [0.29, 0.717) is 0 Å². The lowest BCUT2D eigenvalue weighted by Crippen LogP contribution is -2.02. The van der Waals surface area contributed by atoms with Crippen molar-refractivity contribution in [3.8, 4) is 0 Å². The highest BCUT2D eigenvalue weighted by Gasteiger charge is 2.01. The second-order valence-electron chi connectivity index (χ2n) is 4.44. The summed E-state index contributed by atoms with van der Waals surface area (Å²) in [6, 6.07) is 9.76. The maximum Gasteiger partial charge on any atom is 0.127 e. The highest BCUT2D eigenvalue weighted by Crippen LogP contribution is 2.24. The van der Waals surface area contributed by atoms with E-state index in [1.165, 1.54) is 0 Å². The van der Waals surface area contributed by atoms with Crippen molar-refractivity contribution >= 4 is 28.8 Å². The topological polar surface area (TPSA) is 37.0 Å². The van der Waals surface area contributed by atoms with E-state index in [9.17, 15) is 0 Å². The summed E-state index contributed by atoms with van der Waals surface area (Å²) < 4.78 is 0. The third-order valence-electron chi connectivity index (χ3n) is 2.79. The molecule has 0 unspecified atom stereocenters. The monoisotopic (exact) mass is 275 g/mol. The summed E-state index contributed by atoms with van der Waals surface area (Å²) in [6.45, 7) is 5.10. The number of benzene rings is 1. The third kappa shape index (κ3) is 3.86. The molecule has 0 amide bonds. The van der Waals surface area contributed by atoms with Crippen molar-refractivity contribution in [2.75, 3.05) is 17.2 Å². The van der Waals surface area contributed by atoms with E-state index in [2.05, 4.69) is 29.5 Å². The molecule has 0 saturated heterocycles. The quantitative estimate of drug-likeness (QED) is 0.837. The third-order valence-corrected chi connectivity index (χ3v) is 3.03. The van der Waals surface area contributed by atoms with E-state index in [-0.39, 0.29) is 0 Å². The smallest absolute Gasteiger partial charge is 0.127 e. The van der Waals surface area contributed by atoms with E-state index < -0.39 is 0 Å². The number of hydrogen-bond donors (Lipinski definition) is 2. The minimum absolute atomic E-state index is 0.728. The Hall–Kier alpha value is -1.74. The zero-order chi connectivity index (χ0) is 13.7. The van der Waals surface area contributed by atoms with Crippen LogP contribution in [0.3, 0.4) is 0 Å². The number of aryl methyl sites for hydroxylation is 1. The largest absolute Gasteiger partial charge is 0.370 e. The molecule has 2 rings (SSSR count). The van der Waals surface area contributed by atoms with Gasteiger partial charge in [-0.2, -0.15) is 0 Å². The van der Waals surface area contributed by atoms with Gasteiger partial charge >= 0.3 is 0 Å². The highest BCUT2D eigenvalue weighted by molar-refractivity contribution is 6.30. The van der Waals surface area contributed by atoms with Crippen molar-refractivity contribution in [1.82, 2.24) is 4.98 Å². The summed E-state index contributed by atoms with van der Waals surface area (Å²) >= 11 is 6.02. The van der Waals surface area contributed by atoms with Crippen LogP contribution in [0.5, 0.6) is 0 Å². The highest BCUT2D eigenvalue weighted by atomic mass is 35.5. The van der Waals surface area contributed by atoms with Gasteiger partial charge in [-0.25, -0.2) is 4.98 Å². The zero-order valence-electron chi connectivity index (χ0n) is 11.2. The molecule has 3 nitrogen and oxygen atoms in total. The van der Waals surface area contributed by atoms with Gasteiger partial charge in [0, 0.05) is 35.2 Å². The molecule has 1 aromatic heterocycles. The van der Waals surface area contributed by atoms with Crippen LogP contribution in [0.4, 0.5) is 17.2 Å². The molecule has 100 valence electrons. The maximum absolute atomic E-state index is 6.02. The molecule has 0 aliphatic carbocycles. The molecular formula is C15H18ClN3. The number of halogens is 1. The predicted octanol–water partition coefficient (Wildman–Crippen LogP) is 4.61. The van der Waals surface area contributed by atoms with E-state index >= 15 is 0 Å². The molecule has 0 fully saturated rings. The van der Waals surface area contributed by atoms with Crippen molar-refractivity contribution in [1.29, 1.82) is 0 Å². The molecule has 0 atom stereocenters. The zero-order valence-corrected chi connectivity index (χ0v) is 12.0. The number of aromatic nitrogens is 1. The van der Waals surface area contributed by atoms with E-state index in [4.69, 9.17) is 11.6 Å². The fraction of sp³-hybridized carbons (Fsp3) is 0.267. The Labute approximate surface area is 119 Å². The molecule has 2 N–H and O–H groups in total. The van der Waals surface area contributed by atoms with Gasteiger partial charge in [-0.05, 0) is 37.1 Å². The molecule has 0 aliphatic rings. The predicted molar refractivity (Wildman–Crippen MR) is 82.5 cm³/mol. The van der Waals surface area contributed by atoms with Crippen molar-refractivity contribution in [2.45, 2.75) is 20.3 Å². The normalized spacial score (nSPS) is 10.3. The Bertz CT molecular complexity index is 555. The van der Waals surface area contributed by atoms with E-state index in [1.807, 2.05) is 30.3 Å². The van der Waals surface area contributed by atoms with E-state index in [1.54, 1.807) is 6.20 Å². The van der Waals surface area contributed by atoms with Crippen LogP contribution >= 0.6 is 11.6 Å². The molecule has 0 saturated carbocycles. The minimum Gasteiger partial charge on any atom is -0.370 e. The Kier molecular flexibility index (Phi) is 4.63. The van der Waals surface area contributed by atoms with Gasteiger partial charge in [-0.3, -0.25) is 0 Å². The first-order valence-corrected chi connectivity index (χ1v) is 6.80. The summed E-state index contributed by atoms with van der Waals surface area (Å²) in [5.74, 6) is 0.881. The minimum atomic E-state index is 0.728. The van der Waals surface area contributed by atoms with Gasteiger partial charge in [0.05, 0.1) is 0 Å². The fourth-order valence-electron chi connectivity index (χ4n) is 1.74. The van der Waals surface area contributed by atoms with Gasteiger partial charge in [0.15, 0.2) is 0 Å². The molecule has 0 spiro atoms. The Morgan fingerprint density at radius 2 is 2.05 bits per heavy atom. The van der Waals surface area contributed by atoms with Gasteiger partial charge < -0.3 is 10.6 Å². The molecule has 0 bridgehead atoms. The van der Waals surface area contributed by atoms with Gasteiger partial charge in [0.2, 0.25) is 0 Å². The molecule has 1 aromatic carbocycles. The van der Waals surface area contributed by atoms with Crippen molar-refractivity contribution in [3.05, 3.63) is 47.1 Å². The number of rotatable bonds is 5. The standard InChI is InChI=1S/C15H18ClN3/c1-3-7-17-15-10-13(6-8-18-15)19-14-9-12(16)5-4-11(14)2/h4-6,8-10H,3,7H2,1-2H3,(H2,17,18,19). The molecule has 1 heterocycles. The molecule has 2 aromatic rings. The SMILES string of the molecule is CCCNc1cc(Nc2cc(Cl)ccc2C)ccn1. The molecule has 0 aliphatic heterocycles. The van der Waals surface area contributed by atoms with Gasteiger partial charge in [0.1, 0.15) is 5.82 Å². The van der Waals surface area contributed by atoms with Crippen molar-refractivity contribution in [3.63, 3.8) is 0 Å². The molecular weight excluding hydrogens is 258 g/mol. The lowest BCUT2D eigenvalue weighted by molar-refractivity contribution is 0.969. The van der Waals surface area contributed by atoms with E-state index in [0.717, 1.165) is 40.7 Å². The van der Waals surface area contributed by atoms with Crippen LogP contribution < -0.4 is 10.6 Å². The summed E-state index contributed by atoms with van der Waals surface area (Å²) in [5.41, 5.74) is 3.17. The van der Waals surface area contributed by atoms with Gasteiger partial charge in [-0.1, -0.05) is 24.6 Å². The van der Waals surface area contributed by atoms with Crippen LogP contribution in [0.1, 0.15) is 18.9 Å². The molecule has 0 radical (unpaired) electrons. The summed E-state index contributed by atoms with van der Waals surface area (Å²) in [6.07, 6.45) is 2.87. The first-order chi connectivity index (χ1) is 9.19. The summed E-state index contributed by atoms with van der Waals surface area (Å²) in [4.78, 5) is 4.28. The number of pyridine rings is 1. The first kappa shape index (κ1) is 13.7. The summed E-state index contributed by atoms with van der Waals surface area (Å²) in [7, 11) is 0.